The number of hydrogen-bond donors (Lipinski definition) is 2. The molecular formula is C16H23N3O. The topological polar surface area (TPSA) is 44.4 Å². The number of amides is 1. The van der Waals surface area contributed by atoms with E-state index in [4.69, 9.17) is 0 Å². The zero-order chi connectivity index (χ0) is 13.8. The molecule has 0 bridgehead atoms. The molecule has 1 atom stereocenters. The number of anilines is 1. The van der Waals surface area contributed by atoms with Crippen LogP contribution in [0, 0.1) is 0 Å². The molecule has 1 aromatic rings. The van der Waals surface area contributed by atoms with Crippen molar-refractivity contribution in [3.05, 3.63) is 29.8 Å². The SMILES string of the molecule is O=C(NCCCN1CCc2ccccc21)C1CCCN1. The Bertz CT molecular complexity index is 469. The predicted molar refractivity (Wildman–Crippen MR) is 81.0 cm³/mol. The van der Waals surface area contributed by atoms with Crippen molar-refractivity contribution >= 4 is 11.6 Å². The second kappa shape index (κ2) is 6.27. The van der Waals surface area contributed by atoms with E-state index in [9.17, 15) is 4.79 Å². The molecule has 1 saturated heterocycles. The van der Waals surface area contributed by atoms with Crippen LogP contribution in [0.15, 0.2) is 24.3 Å². The summed E-state index contributed by atoms with van der Waals surface area (Å²) in [5.74, 6) is 0.171. The Morgan fingerprint density at radius 1 is 1.40 bits per heavy atom. The highest BCUT2D eigenvalue weighted by Gasteiger charge is 2.21. The molecule has 2 N–H and O–H groups in total. The average molecular weight is 273 g/mol. The van der Waals surface area contributed by atoms with E-state index in [1.807, 2.05) is 0 Å². The normalized spacial score (nSPS) is 21.0. The Balaban J connectivity index is 1.39. The second-order valence-electron chi connectivity index (χ2n) is 5.66. The monoisotopic (exact) mass is 273 g/mol. The van der Waals surface area contributed by atoms with Gasteiger partial charge in [-0.1, -0.05) is 18.2 Å². The average Bonchev–Trinajstić information content (AvgIpc) is 3.13. The summed E-state index contributed by atoms with van der Waals surface area (Å²) in [5, 5.41) is 6.27. The van der Waals surface area contributed by atoms with Crippen LogP contribution in [-0.4, -0.2) is 38.1 Å². The first kappa shape index (κ1) is 13.4. The molecule has 0 spiro atoms. The molecule has 4 heteroatoms. The lowest BCUT2D eigenvalue weighted by molar-refractivity contribution is -0.122. The van der Waals surface area contributed by atoms with Gasteiger partial charge in [-0.3, -0.25) is 4.79 Å². The Kier molecular flexibility index (Phi) is 4.21. The number of carbonyl (C=O) groups is 1. The summed E-state index contributed by atoms with van der Waals surface area (Å²) in [4.78, 5) is 14.3. The van der Waals surface area contributed by atoms with Crippen molar-refractivity contribution in [2.75, 3.05) is 31.1 Å². The third kappa shape index (κ3) is 2.96. The van der Waals surface area contributed by atoms with Crippen molar-refractivity contribution in [2.24, 2.45) is 0 Å². The van der Waals surface area contributed by atoms with Gasteiger partial charge in [0.2, 0.25) is 5.91 Å². The zero-order valence-electron chi connectivity index (χ0n) is 11.9. The second-order valence-corrected chi connectivity index (χ2v) is 5.66. The van der Waals surface area contributed by atoms with Gasteiger partial charge in [-0.15, -0.1) is 0 Å². The van der Waals surface area contributed by atoms with Crippen LogP contribution in [0.5, 0.6) is 0 Å². The lowest BCUT2D eigenvalue weighted by Crippen LogP contribution is -2.41. The minimum atomic E-state index is 0.0440. The molecule has 4 nitrogen and oxygen atoms in total. The predicted octanol–water partition coefficient (Wildman–Crippen LogP) is 1.31. The van der Waals surface area contributed by atoms with Crippen LogP contribution < -0.4 is 15.5 Å². The largest absolute Gasteiger partial charge is 0.371 e. The van der Waals surface area contributed by atoms with E-state index in [1.54, 1.807) is 0 Å². The lowest BCUT2D eigenvalue weighted by atomic mass is 10.2. The molecule has 2 aliphatic heterocycles. The fraction of sp³-hybridized carbons (Fsp3) is 0.562. The van der Waals surface area contributed by atoms with Crippen LogP contribution in [0.1, 0.15) is 24.8 Å². The third-order valence-corrected chi connectivity index (χ3v) is 4.26. The number of carbonyl (C=O) groups excluding carboxylic acids is 1. The summed E-state index contributed by atoms with van der Waals surface area (Å²) >= 11 is 0. The van der Waals surface area contributed by atoms with Crippen LogP contribution in [0.3, 0.4) is 0 Å². The molecular weight excluding hydrogens is 250 g/mol. The molecule has 1 fully saturated rings. The lowest BCUT2D eigenvalue weighted by Gasteiger charge is -2.19. The van der Waals surface area contributed by atoms with E-state index >= 15 is 0 Å². The first-order chi connectivity index (χ1) is 9.84. The van der Waals surface area contributed by atoms with Gasteiger partial charge in [0.1, 0.15) is 0 Å². The minimum absolute atomic E-state index is 0.0440. The first-order valence-electron chi connectivity index (χ1n) is 7.68. The van der Waals surface area contributed by atoms with E-state index in [2.05, 4.69) is 39.8 Å². The Morgan fingerprint density at radius 3 is 3.15 bits per heavy atom. The fourth-order valence-electron chi connectivity index (χ4n) is 3.15. The van der Waals surface area contributed by atoms with E-state index in [0.717, 1.165) is 51.9 Å². The first-order valence-corrected chi connectivity index (χ1v) is 7.68. The fourth-order valence-corrected chi connectivity index (χ4v) is 3.15. The van der Waals surface area contributed by atoms with Gasteiger partial charge in [-0.25, -0.2) is 0 Å². The summed E-state index contributed by atoms with van der Waals surface area (Å²) in [6.07, 6.45) is 4.25. The molecule has 108 valence electrons. The number of nitrogens with one attached hydrogen (secondary N) is 2. The summed E-state index contributed by atoms with van der Waals surface area (Å²) in [5.41, 5.74) is 2.82. The van der Waals surface area contributed by atoms with Crippen molar-refractivity contribution < 1.29 is 4.79 Å². The van der Waals surface area contributed by atoms with Gasteiger partial charge in [0.25, 0.3) is 0 Å². The van der Waals surface area contributed by atoms with Crippen molar-refractivity contribution in [1.29, 1.82) is 0 Å². The molecule has 1 unspecified atom stereocenters. The number of hydrogen-bond acceptors (Lipinski definition) is 3. The molecule has 20 heavy (non-hydrogen) atoms. The van der Waals surface area contributed by atoms with E-state index in [1.165, 1.54) is 11.3 Å². The number of rotatable bonds is 5. The molecule has 1 aromatic carbocycles. The summed E-state index contributed by atoms with van der Waals surface area (Å²) in [6, 6.07) is 8.66. The molecule has 1 amide bonds. The van der Waals surface area contributed by atoms with Crippen LogP contribution in [0.25, 0.3) is 0 Å². The summed E-state index contributed by atoms with van der Waals surface area (Å²) in [6.45, 7) is 3.88. The standard InChI is InChI=1S/C16H23N3O/c20-16(14-6-3-9-17-14)18-10-4-11-19-12-8-13-5-1-2-7-15(13)19/h1-2,5,7,14,17H,3-4,6,8-12H2,(H,18,20). The Morgan fingerprint density at radius 2 is 2.30 bits per heavy atom. The Labute approximate surface area is 120 Å². The highest BCUT2D eigenvalue weighted by atomic mass is 16.2. The summed E-state index contributed by atoms with van der Waals surface area (Å²) in [7, 11) is 0. The molecule has 0 aromatic heterocycles. The van der Waals surface area contributed by atoms with Gasteiger partial charge in [-0.05, 0) is 43.9 Å². The van der Waals surface area contributed by atoms with Crippen LogP contribution >= 0.6 is 0 Å². The smallest absolute Gasteiger partial charge is 0.237 e. The molecule has 0 radical (unpaired) electrons. The van der Waals surface area contributed by atoms with Crippen molar-refractivity contribution in [1.82, 2.24) is 10.6 Å². The quantitative estimate of drug-likeness (QED) is 0.795. The zero-order valence-corrected chi connectivity index (χ0v) is 11.9. The van der Waals surface area contributed by atoms with Crippen molar-refractivity contribution in [2.45, 2.75) is 31.7 Å². The number of nitrogens with zero attached hydrogens (tertiary/aromatic N) is 1. The van der Waals surface area contributed by atoms with Gasteiger partial charge in [0, 0.05) is 25.3 Å². The molecule has 2 aliphatic rings. The van der Waals surface area contributed by atoms with E-state index in [0.29, 0.717) is 0 Å². The molecule has 2 heterocycles. The molecule has 3 rings (SSSR count). The number of fused-ring (bicyclic) bond motifs is 1. The van der Waals surface area contributed by atoms with Gasteiger partial charge in [-0.2, -0.15) is 0 Å². The number of benzene rings is 1. The van der Waals surface area contributed by atoms with Crippen LogP contribution in [-0.2, 0) is 11.2 Å². The molecule has 0 saturated carbocycles. The van der Waals surface area contributed by atoms with Crippen molar-refractivity contribution in [3.8, 4) is 0 Å². The number of para-hydroxylation sites is 1. The van der Waals surface area contributed by atoms with Crippen LogP contribution in [0.2, 0.25) is 0 Å². The molecule has 0 aliphatic carbocycles. The maximum Gasteiger partial charge on any atom is 0.237 e. The summed E-state index contributed by atoms with van der Waals surface area (Å²) < 4.78 is 0. The minimum Gasteiger partial charge on any atom is -0.371 e. The van der Waals surface area contributed by atoms with Crippen LogP contribution in [0.4, 0.5) is 5.69 Å². The van der Waals surface area contributed by atoms with Gasteiger partial charge in [0.15, 0.2) is 0 Å². The van der Waals surface area contributed by atoms with E-state index < -0.39 is 0 Å². The highest BCUT2D eigenvalue weighted by molar-refractivity contribution is 5.81. The third-order valence-electron chi connectivity index (χ3n) is 4.26. The maximum absolute atomic E-state index is 11.9. The van der Waals surface area contributed by atoms with Crippen molar-refractivity contribution in [3.63, 3.8) is 0 Å². The van der Waals surface area contributed by atoms with Gasteiger partial charge < -0.3 is 15.5 Å². The maximum atomic E-state index is 11.9. The van der Waals surface area contributed by atoms with Gasteiger partial charge in [0.05, 0.1) is 6.04 Å². The van der Waals surface area contributed by atoms with Gasteiger partial charge >= 0.3 is 0 Å². The van der Waals surface area contributed by atoms with E-state index in [-0.39, 0.29) is 11.9 Å². The highest BCUT2D eigenvalue weighted by Crippen LogP contribution is 2.27. The Hall–Kier alpha value is -1.55.